The molecular weight excluding hydrogens is 238 g/mol. The topological polar surface area (TPSA) is 53.2 Å². The monoisotopic (exact) mass is 253 g/mol. The molecule has 0 saturated carbocycles. The Morgan fingerprint density at radius 2 is 1.89 bits per heavy atom. The van der Waals surface area contributed by atoms with Crippen LogP contribution < -0.4 is 4.74 Å². The van der Waals surface area contributed by atoms with E-state index in [-0.39, 0.29) is 6.61 Å². The normalized spacial score (nSPS) is 13.3. The number of benzene rings is 2. The average molecular weight is 253 g/mol. The van der Waals surface area contributed by atoms with E-state index in [1.54, 1.807) is 31.2 Å². The summed E-state index contributed by atoms with van der Waals surface area (Å²) in [6.07, 6.45) is 0. The molecule has 1 atom stereocenters. The highest BCUT2D eigenvalue weighted by Crippen LogP contribution is 2.22. The van der Waals surface area contributed by atoms with Crippen molar-refractivity contribution in [2.45, 2.75) is 12.5 Å². The first-order valence-corrected chi connectivity index (χ1v) is 6.03. The quantitative estimate of drug-likeness (QED) is 0.911. The van der Waals surface area contributed by atoms with Gasteiger partial charge in [0.1, 0.15) is 18.0 Å². The molecule has 96 valence electrons. The second kappa shape index (κ2) is 5.55. The van der Waals surface area contributed by atoms with Gasteiger partial charge in [-0.05, 0) is 30.7 Å². The zero-order valence-corrected chi connectivity index (χ0v) is 10.7. The van der Waals surface area contributed by atoms with Crippen molar-refractivity contribution < 1.29 is 9.84 Å². The summed E-state index contributed by atoms with van der Waals surface area (Å²) in [6, 6.07) is 18.3. The van der Waals surface area contributed by atoms with Gasteiger partial charge in [0.2, 0.25) is 0 Å². The fraction of sp³-hybridized carbons (Fsp3) is 0.188. The van der Waals surface area contributed by atoms with Gasteiger partial charge in [0.15, 0.2) is 0 Å². The molecule has 0 aliphatic carbocycles. The van der Waals surface area contributed by atoms with Crippen LogP contribution >= 0.6 is 0 Å². The zero-order valence-electron chi connectivity index (χ0n) is 10.7. The fourth-order valence-corrected chi connectivity index (χ4v) is 1.76. The third-order valence-electron chi connectivity index (χ3n) is 2.88. The second-order valence-corrected chi connectivity index (χ2v) is 4.57. The summed E-state index contributed by atoms with van der Waals surface area (Å²) in [5, 5.41) is 19.2. The minimum Gasteiger partial charge on any atom is -0.490 e. The van der Waals surface area contributed by atoms with E-state index < -0.39 is 5.60 Å². The molecule has 0 aromatic heterocycles. The molecule has 0 radical (unpaired) electrons. The number of aliphatic hydroxyl groups is 1. The van der Waals surface area contributed by atoms with Crippen molar-refractivity contribution in [3.8, 4) is 11.8 Å². The number of rotatable bonds is 4. The van der Waals surface area contributed by atoms with Gasteiger partial charge in [-0.3, -0.25) is 0 Å². The molecule has 0 aliphatic heterocycles. The zero-order chi connectivity index (χ0) is 13.7. The summed E-state index contributed by atoms with van der Waals surface area (Å²) in [6.45, 7) is 1.84. The lowest BCUT2D eigenvalue weighted by atomic mass is 9.97. The number of hydrogen-bond acceptors (Lipinski definition) is 3. The van der Waals surface area contributed by atoms with Crippen LogP contribution in [0.25, 0.3) is 0 Å². The molecule has 2 aromatic carbocycles. The molecule has 2 rings (SSSR count). The first-order valence-electron chi connectivity index (χ1n) is 6.03. The maximum absolute atomic E-state index is 10.4. The smallest absolute Gasteiger partial charge is 0.121 e. The van der Waals surface area contributed by atoms with E-state index in [1.807, 2.05) is 30.3 Å². The summed E-state index contributed by atoms with van der Waals surface area (Å²) in [5.74, 6) is 0.579. The summed E-state index contributed by atoms with van der Waals surface area (Å²) in [4.78, 5) is 0. The van der Waals surface area contributed by atoms with E-state index in [0.29, 0.717) is 11.3 Å². The van der Waals surface area contributed by atoms with E-state index in [4.69, 9.17) is 10.00 Å². The van der Waals surface area contributed by atoms with Gasteiger partial charge in [0.25, 0.3) is 0 Å². The molecule has 0 heterocycles. The van der Waals surface area contributed by atoms with Crippen LogP contribution in [-0.4, -0.2) is 11.7 Å². The van der Waals surface area contributed by atoms with Crippen LogP contribution in [0.1, 0.15) is 18.1 Å². The van der Waals surface area contributed by atoms with E-state index in [2.05, 4.69) is 6.07 Å². The molecule has 1 unspecified atom stereocenters. The van der Waals surface area contributed by atoms with Crippen molar-refractivity contribution in [3.05, 3.63) is 65.7 Å². The maximum Gasteiger partial charge on any atom is 0.121 e. The molecule has 19 heavy (non-hydrogen) atoms. The Balaban J connectivity index is 2.07. The SMILES string of the molecule is CC(O)(COc1cccc(C#N)c1)c1ccccc1. The molecule has 0 bridgehead atoms. The largest absolute Gasteiger partial charge is 0.490 e. The predicted octanol–water partition coefficient (Wildman–Crippen LogP) is 2.84. The van der Waals surface area contributed by atoms with Gasteiger partial charge < -0.3 is 9.84 Å². The van der Waals surface area contributed by atoms with Crippen molar-refractivity contribution in [3.63, 3.8) is 0 Å². The van der Waals surface area contributed by atoms with Crippen LogP contribution in [0.2, 0.25) is 0 Å². The molecule has 3 heteroatoms. The summed E-state index contributed by atoms with van der Waals surface area (Å²) in [7, 11) is 0. The van der Waals surface area contributed by atoms with Crippen molar-refractivity contribution in [1.82, 2.24) is 0 Å². The lowest BCUT2D eigenvalue weighted by Gasteiger charge is -2.24. The molecule has 0 aliphatic rings. The van der Waals surface area contributed by atoms with Gasteiger partial charge in [0.05, 0.1) is 11.6 Å². The van der Waals surface area contributed by atoms with Gasteiger partial charge >= 0.3 is 0 Å². The van der Waals surface area contributed by atoms with E-state index in [9.17, 15) is 5.11 Å². The maximum atomic E-state index is 10.4. The Bertz CT molecular complexity index is 585. The van der Waals surface area contributed by atoms with Crippen LogP contribution in [0.3, 0.4) is 0 Å². The summed E-state index contributed by atoms with van der Waals surface area (Å²) < 4.78 is 5.57. The highest BCUT2D eigenvalue weighted by Gasteiger charge is 2.23. The Kier molecular flexibility index (Phi) is 3.84. The second-order valence-electron chi connectivity index (χ2n) is 4.57. The number of nitrogens with zero attached hydrogens (tertiary/aromatic N) is 1. The Morgan fingerprint density at radius 3 is 2.58 bits per heavy atom. The van der Waals surface area contributed by atoms with Gasteiger partial charge in [-0.25, -0.2) is 0 Å². The number of nitriles is 1. The molecule has 0 fully saturated rings. The Labute approximate surface area is 112 Å². The summed E-state index contributed by atoms with van der Waals surface area (Å²) >= 11 is 0. The number of hydrogen-bond donors (Lipinski definition) is 1. The van der Waals surface area contributed by atoms with Crippen LogP contribution in [0.4, 0.5) is 0 Å². The fourth-order valence-electron chi connectivity index (χ4n) is 1.76. The van der Waals surface area contributed by atoms with Crippen LogP contribution in [0.5, 0.6) is 5.75 Å². The van der Waals surface area contributed by atoms with Gasteiger partial charge in [-0.2, -0.15) is 5.26 Å². The highest BCUT2D eigenvalue weighted by molar-refractivity contribution is 5.36. The van der Waals surface area contributed by atoms with Crippen LogP contribution in [0, 0.1) is 11.3 Å². The lowest BCUT2D eigenvalue weighted by molar-refractivity contribution is 0.00759. The van der Waals surface area contributed by atoms with Crippen molar-refractivity contribution in [2.24, 2.45) is 0 Å². The van der Waals surface area contributed by atoms with Crippen molar-refractivity contribution in [1.29, 1.82) is 5.26 Å². The Hall–Kier alpha value is -2.31. The standard InChI is InChI=1S/C16H15NO2/c1-16(18,14-7-3-2-4-8-14)12-19-15-9-5-6-13(10-15)11-17/h2-10,18H,12H2,1H3. The lowest BCUT2D eigenvalue weighted by Crippen LogP contribution is -2.29. The van der Waals surface area contributed by atoms with Gasteiger partial charge in [-0.15, -0.1) is 0 Å². The predicted molar refractivity (Wildman–Crippen MR) is 72.7 cm³/mol. The molecule has 0 spiro atoms. The first-order chi connectivity index (χ1) is 9.12. The minimum atomic E-state index is -1.07. The third kappa shape index (κ3) is 3.34. The van der Waals surface area contributed by atoms with Crippen molar-refractivity contribution in [2.75, 3.05) is 6.61 Å². The third-order valence-corrected chi connectivity index (χ3v) is 2.88. The Morgan fingerprint density at radius 1 is 1.16 bits per heavy atom. The van der Waals surface area contributed by atoms with Crippen LogP contribution in [-0.2, 0) is 5.60 Å². The molecule has 2 aromatic rings. The minimum absolute atomic E-state index is 0.131. The molecule has 0 saturated heterocycles. The van der Waals surface area contributed by atoms with E-state index >= 15 is 0 Å². The first kappa shape index (κ1) is 13.1. The van der Waals surface area contributed by atoms with Crippen LogP contribution in [0.15, 0.2) is 54.6 Å². The average Bonchev–Trinajstić information content (AvgIpc) is 2.46. The van der Waals surface area contributed by atoms with E-state index in [0.717, 1.165) is 5.56 Å². The number of ether oxygens (including phenoxy) is 1. The highest BCUT2D eigenvalue weighted by atomic mass is 16.5. The van der Waals surface area contributed by atoms with Crippen molar-refractivity contribution >= 4 is 0 Å². The molecule has 3 nitrogen and oxygen atoms in total. The molecule has 1 N–H and O–H groups in total. The summed E-state index contributed by atoms with van der Waals surface area (Å²) in [5.41, 5.74) is 0.271. The molecule has 0 amide bonds. The van der Waals surface area contributed by atoms with E-state index in [1.165, 1.54) is 0 Å². The van der Waals surface area contributed by atoms with Gasteiger partial charge in [-0.1, -0.05) is 36.4 Å². The molecular formula is C16H15NO2. The van der Waals surface area contributed by atoms with Gasteiger partial charge in [0, 0.05) is 0 Å².